The van der Waals surface area contributed by atoms with Gasteiger partial charge in [-0.25, -0.2) is 31.1 Å². The molecule has 2 amide bonds. The summed E-state index contributed by atoms with van der Waals surface area (Å²) in [5, 5.41) is 18.2. The number of hydrogen-bond donors (Lipinski definition) is 3. The molecule has 19 nitrogen and oxygen atoms in total. The van der Waals surface area contributed by atoms with Crippen molar-refractivity contribution >= 4 is 54.8 Å². The van der Waals surface area contributed by atoms with Gasteiger partial charge in [-0.05, 0) is 119 Å². The minimum Gasteiger partial charge on any atom is -0.497 e. The second kappa shape index (κ2) is 23.3. The molecule has 5 aromatic carbocycles. The maximum atomic E-state index is 15.7. The molecule has 1 heterocycles. The Balaban J connectivity index is 1.41. The summed E-state index contributed by atoms with van der Waals surface area (Å²) in [7, 11) is -5.14. The van der Waals surface area contributed by atoms with Gasteiger partial charge in [0.2, 0.25) is 25.9 Å². The first-order valence-electron chi connectivity index (χ1n) is 21.3. The fraction of sp³-hybridized carbons (Fsp3) is 0.298. The molecule has 0 saturated heterocycles. The number of nitrogens with one attached hydrogen (secondary N) is 3. The van der Waals surface area contributed by atoms with Gasteiger partial charge in [0.05, 0.1) is 39.5 Å². The lowest BCUT2D eigenvalue weighted by molar-refractivity contribution is 0.0502. The molecule has 0 spiro atoms. The Kier molecular flexibility index (Phi) is 17.6. The molecule has 1 atom stereocenters. The first-order valence-corrected chi connectivity index (χ1v) is 25.3. The lowest BCUT2D eigenvalue weighted by atomic mass is 10.2. The topological polar surface area (TPSA) is 231 Å². The summed E-state index contributed by atoms with van der Waals surface area (Å²) in [6, 6.07) is 31.2. The number of alkyl carbamates (subject to hydrolysis) is 2. The van der Waals surface area contributed by atoms with Crippen LogP contribution in [0.1, 0.15) is 43.0 Å². The molecule has 1 aromatic heterocycles. The molecule has 3 N–H and O–H groups in total. The zero-order chi connectivity index (χ0) is 49.8. The average Bonchev–Trinajstić information content (AvgIpc) is 3.79. The van der Waals surface area contributed by atoms with Crippen LogP contribution < -0.4 is 29.6 Å². The number of methoxy groups -OCH3 is 3. The van der Waals surface area contributed by atoms with Gasteiger partial charge in [0.15, 0.2) is 0 Å². The van der Waals surface area contributed by atoms with Crippen molar-refractivity contribution in [3.63, 3.8) is 0 Å². The smallest absolute Gasteiger partial charge is 0.407 e. The summed E-state index contributed by atoms with van der Waals surface area (Å²) in [5.74, 6) is 1.57. The van der Waals surface area contributed by atoms with E-state index in [1.54, 1.807) is 113 Å². The van der Waals surface area contributed by atoms with E-state index >= 15 is 8.42 Å². The predicted molar refractivity (Wildman–Crippen MR) is 263 cm³/mol. The van der Waals surface area contributed by atoms with Crippen LogP contribution in [0.2, 0.25) is 0 Å². The molecule has 6 aromatic rings. The fourth-order valence-corrected chi connectivity index (χ4v) is 11.0. The van der Waals surface area contributed by atoms with E-state index < -0.39 is 60.2 Å². The van der Waals surface area contributed by atoms with E-state index in [1.165, 1.54) is 31.1 Å². The zero-order valence-corrected chi connectivity index (χ0v) is 42.5. The number of aromatic nitrogens is 4. The average molecular weight is 1100 g/mol. The number of carbonyl (C=O) groups is 2. The molecule has 0 aliphatic heterocycles. The van der Waals surface area contributed by atoms with Crippen LogP contribution in [0.15, 0.2) is 125 Å². The van der Waals surface area contributed by atoms with Crippen molar-refractivity contribution in [2.24, 2.45) is 0 Å². The molecule has 0 bridgehead atoms. The lowest BCUT2D eigenvalue weighted by Crippen LogP contribution is -2.51. The molecule has 0 radical (unpaired) electrons. The highest BCUT2D eigenvalue weighted by Crippen LogP contribution is 2.38. The first-order chi connectivity index (χ1) is 32.9. The summed E-state index contributed by atoms with van der Waals surface area (Å²) in [6.07, 6.45) is -1.74. The number of nitrogens with zero attached hydrogens (tertiary/aromatic N) is 5. The molecule has 0 aliphatic rings. The number of amides is 2. The van der Waals surface area contributed by atoms with Crippen LogP contribution in [-0.2, 0) is 55.8 Å². The van der Waals surface area contributed by atoms with E-state index in [-0.39, 0.29) is 44.2 Å². The molecule has 0 unspecified atom stereocenters. The van der Waals surface area contributed by atoms with Gasteiger partial charge in [0.25, 0.3) is 0 Å². The first kappa shape index (κ1) is 52.0. The normalized spacial score (nSPS) is 12.2. The summed E-state index contributed by atoms with van der Waals surface area (Å²) < 4.78 is 91.7. The zero-order valence-electron chi connectivity index (χ0n) is 38.7. The molecule has 22 heteroatoms. The van der Waals surface area contributed by atoms with Gasteiger partial charge in [0.1, 0.15) is 39.2 Å². The Morgan fingerprint density at radius 1 is 0.710 bits per heavy atom. The van der Waals surface area contributed by atoms with E-state index in [1.807, 2.05) is 40.8 Å². The minimum atomic E-state index is -4.88. The second-order valence-corrected chi connectivity index (χ2v) is 21.1. The molecular weight excluding hydrogens is 1040 g/mol. The fourth-order valence-electron chi connectivity index (χ4n) is 6.66. The molecule has 366 valence electrons. The summed E-state index contributed by atoms with van der Waals surface area (Å²) in [4.78, 5) is 25.9. The van der Waals surface area contributed by atoms with E-state index in [2.05, 4.69) is 30.8 Å². The van der Waals surface area contributed by atoms with Crippen LogP contribution >= 0.6 is 22.6 Å². The minimum absolute atomic E-state index is 0.0477. The standard InChI is InChI=1S/C47H53IN8O11S2/c1-47(2,3)67-46(58)51-36(26-49-45(57)66-31-35-10-8-7-9-11-35)27-50-68(59,60)41-25-24-40(48)42(44-52-54-56(53-44)30-34-16-22-39(65-6)23-17-34)43(41)69(61,62)55(28-32-12-18-37(63-4)19-13-32)29-33-14-20-38(64-5)21-15-33/h7-25,36,50H,26-31H2,1-6H3,(H,49,57)(H,51,58)/t36-/m0/s1. The number of hydrogen-bond acceptors (Lipinski definition) is 14. The number of carbonyl (C=O) groups excluding carboxylic acids is 2. The maximum absolute atomic E-state index is 15.7. The Labute approximate surface area is 415 Å². The highest BCUT2D eigenvalue weighted by Gasteiger charge is 2.38. The molecular formula is C47H53IN8O11S2. The van der Waals surface area contributed by atoms with Crippen molar-refractivity contribution in [2.45, 2.75) is 68.4 Å². The number of rotatable bonds is 21. The SMILES string of the molecule is COc1ccc(CN(Cc2ccc(OC)cc2)S(=O)(=O)c2c(S(=O)(=O)NC[C@H](CNC(=O)OCc3ccccc3)NC(=O)OC(C)(C)C)ccc(I)c2-c2nnn(Cc3ccc(OC)cc3)n2)cc1. The lowest BCUT2D eigenvalue weighted by Gasteiger charge is -2.26. The van der Waals surface area contributed by atoms with Gasteiger partial charge >= 0.3 is 12.2 Å². The molecule has 69 heavy (non-hydrogen) atoms. The van der Waals surface area contributed by atoms with Crippen LogP contribution in [0, 0.1) is 3.57 Å². The second-order valence-electron chi connectivity index (χ2n) is 16.3. The van der Waals surface area contributed by atoms with Crippen LogP contribution in [0.3, 0.4) is 0 Å². The predicted octanol–water partition coefficient (Wildman–Crippen LogP) is 6.51. The van der Waals surface area contributed by atoms with Gasteiger partial charge in [0, 0.05) is 29.7 Å². The van der Waals surface area contributed by atoms with Crippen LogP contribution in [0.25, 0.3) is 11.4 Å². The van der Waals surface area contributed by atoms with Gasteiger partial charge in [-0.1, -0.05) is 66.7 Å². The molecule has 0 fully saturated rings. The number of tetrazole rings is 1. The highest BCUT2D eigenvalue weighted by molar-refractivity contribution is 14.1. The Bertz CT molecular complexity index is 2850. The van der Waals surface area contributed by atoms with Crippen LogP contribution in [-0.4, -0.2) is 99.6 Å². The van der Waals surface area contributed by atoms with Gasteiger partial charge in [-0.3, -0.25) is 0 Å². The van der Waals surface area contributed by atoms with Gasteiger partial charge < -0.3 is 34.3 Å². The van der Waals surface area contributed by atoms with E-state index in [0.717, 1.165) is 15.4 Å². The number of sulfonamides is 2. The Morgan fingerprint density at radius 2 is 1.26 bits per heavy atom. The monoisotopic (exact) mass is 1100 g/mol. The maximum Gasteiger partial charge on any atom is 0.407 e. The van der Waals surface area contributed by atoms with Crippen molar-refractivity contribution in [1.29, 1.82) is 0 Å². The van der Waals surface area contributed by atoms with E-state index in [4.69, 9.17) is 23.7 Å². The van der Waals surface area contributed by atoms with E-state index in [9.17, 15) is 18.0 Å². The largest absolute Gasteiger partial charge is 0.497 e. The van der Waals surface area contributed by atoms with Crippen molar-refractivity contribution in [3.05, 3.63) is 141 Å². The molecule has 0 aliphatic carbocycles. The van der Waals surface area contributed by atoms with E-state index in [0.29, 0.717) is 31.9 Å². The quantitative estimate of drug-likeness (QED) is 0.0653. The third kappa shape index (κ3) is 14.6. The number of benzene rings is 5. The van der Waals surface area contributed by atoms with Crippen molar-refractivity contribution in [1.82, 2.24) is 39.9 Å². The third-order valence-corrected chi connectivity index (χ3v) is 14.5. The summed E-state index contributed by atoms with van der Waals surface area (Å²) in [5.41, 5.74) is 1.59. The van der Waals surface area contributed by atoms with Crippen LogP contribution in [0.5, 0.6) is 17.2 Å². The summed E-state index contributed by atoms with van der Waals surface area (Å²) >= 11 is 1.91. The summed E-state index contributed by atoms with van der Waals surface area (Å²) in [6.45, 7) is 3.76. The van der Waals surface area contributed by atoms with Gasteiger partial charge in [-0.15, -0.1) is 10.2 Å². The highest BCUT2D eigenvalue weighted by atomic mass is 127. The van der Waals surface area contributed by atoms with Crippen molar-refractivity contribution in [2.75, 3.05) is 34.4 Å². The van der Waals surface area contributed by atoms with Crippen LogP contribution in [0.4, 0.5) is 9.59 Å². The van der Waals surface area contributed by atoms with Crippen molar-refractivity contribution in [3.8, 4) is 28.6 Å². The Hall–Kier alpha value is -6.34. The third-order valence-electron chi connectivity index (χ3n) is 10.1. The Morgan fingerprint density at radius 3 is 1.80 bits per heavy atom. The van der Waals surface area contributed by atoms with Crippen molar-refractivity contribution < 1.29 is 50.1 Å². The number of ether oxygens (including phenoxy) is 5. The van der Waals surface area contributed by atoms with Gasteiger partial charge in [-0.2, -0.15) is 9.10 Å². The number of halogens is 1. The molecule has 0 saturated carbocycles. The molecule has 6 rings (SSSR count).